The van der Waals surface area contributed by atoms with E-state index in [1.165, 1.54) is 16.2 Å². The van der Waals surface area contributed by atoms with Crippen LogP contribution in [0.4, 0.5) is 11.4 Å². The van der Waals surface area contributed by atoms with Gasteiger partial charge in [-0.05, 0) is 67.1 Å². The third-order valence-corrected chi connectivity index (χ3v) is 7.24. The molecule has 1 aliphatic rings. The maximum atomic E-state index is 11.8. The number of thioether (sulfide) groups is 1. The van der Waals surface area contributed by atoms with Gasteiger partial charge in [-0.15, -0.1) is 23.1 Å². The number of nitrogens with one attached hydrogen (secondary N) is 1. The van der Waals surface area contributed by atoms with Gasteiger partial charge in [-0.1, -0.05) is 30.3 Å². The normalized spacial score (nSPS) is 13.6. The Morgan fingerprint density at radius 1 is 1.09 bits per heavy atom. The first-order valence-corrected chi connectivity index (χ1v) is 13.2. The van der Waals surface area contributed by atoms with Crippen LogP contribution in [0.15, 0.2) is 81.0 Å². The lowest BCUT2D eigenvalue weighted by molar-refractivity contribution is -0.118. The molecule has 5 rings (SSSR count). The van der Waals surface area contributed by atoms with E-state index in [1.807, 2.05) is 40.5 Å². The van der Waals surface area contributed by atoms with E-state index < -0.39 is 0 Å². The third-order valence-electron chi connectivity index (χ3n) is 5.68. The van der Waals surface area contributed by atoms with Crippen LogP contribution < -0.4 is 14.9 Å². The molecular weight excluding hydrogens is 476 g/mol. The van der Waals surface area contributed by atoms with E-state index in [2.05, 4.69) is 61.8 Å². The summed E-state index contributed by atoms with van der Waals surface area (Å²) in [4.78, 5) is 18.8. The van der Waals surface area contributed by atoms with Crippen LogP contribution in [0.25, 0.3) is 11.3 Å². The largest absolute Gasteiger partial charge is 0.482 e. The van der Waals surface area contributed by atoms with Gasteiger partial charge in [0.25, 0.3) is 5.91 Å². The molecule has 0 saturated heterocycles. The Hall–Kier alpha value is -3.62. The molecule has 4 aromatic rings. The first-order valence-electron chi connectivity index (χ1n) is 11.1. The number of aromatic nitrogens is 1. The summed E-state index contributed by atoms with van der Waals surface area (Å²) < 4.78 is 7.38. The van der Waals surface area contributed by atoms with Crippen LogP contribution in [-0.4, -0.2) is 29.7 Å². The number of hydrogen-bond acceptors (Lipinski definition) is 6. The number of benzene rings is 3. The quantitative estimate of drug-likeness (QED) is 0.270. The van der Waals surface area contributed by atoms with Gasteiger partial charge >= 0.3 is 0 Å². The molecule has 0 saturated carbocycles. The average molecular weight is 501 g/mol. The van der Waals surface area contributed by atoms with Crippen LogP contribution in [0.3, 0.4) is 0 Å². The fraction of sp³-hybridized carbons (Fsp3) is 0.148. The van der Waals surface area contributed by atoms with Crippen LogP contribution in [0.1, 0.15) is 16.7 Å². The van der Waals surface area contributed by atoms with Gasteiger partial charge < -0.3 is 10.1 Å². The number of carbonyl (C=O) groups excluding carboxylic acids is 1. The van der Waals surface area contributed by atoms with Crippen molar-refractivity contribution in [2.75, 3.05) is 18.2 Å². The Labute approximate surface area is 212 Å². The predicted molar refractivity (Wildman–Crippen MR) is 144 cm³/mol. The molecule has 8 heteroatoms. The average Bonchev–Trinajstić information content (AvgIpc) is 3.27. The predicted octanol–water partition coefficient (Wildman–Crippen LogP) is 6.00. The minimum atomic E-state index is -0.162. The summed E-state index contributed by atoms with van der Waals surface area (Å²) in [5.74, 6) is 0.498. The number of para-hydroxylation sites is 1. The van der Waals surface area contributed by atoms with Crippen molar-refractivity contribution in [1.29, 1.82) is 0 Å². The molecular formula is C27H24N4O2S2. The van der Waals surface area contributed by atoms with E-state index in [9.17, 15) is 4.79 Å². The first-order chi connectivity index (χ1) is 17.0. The van der Waals surface area contributed by atoms with Crippen molar-refractivity contribution in [3.63, 3.8) is 0 Å². The van der Waals surface area contributed by atoms with E-state index in [1.54, 1.807) is 11.8 Å². The first kappa shape index (κ1) is 23.1. The molecule has 0 fully saturated rings. The molecule has 1 amide bonds. The van der Waals surface area contributed by atoms with Crippen LogP contribution in [0.2, 0.25) is 0 Å². The number of carbonyl (C=O) groups is 1. The van der Waals surface area contributed by atoms with E-state index >= 15 is 0 Å². The second-order valence-electron chi connectivity index (χ2n) is 8.13. The van der Waals surface area contributed by atoms with Gasteiger partial charge in [-0.3, -0.25) is 4.79 Å². The Morgan fingerprint density at radius 2 is 1.86 bits per heavy atom. The lowest BCUT2D eigenvalue weighted by atomic mass is 10.1. The lowest BCUT2D eigenvalue weighted by Crippen LogP contribution is -2.25. The summed E-state index contributed by atoms with van der Waals surface area (Å²) in [6.07, 6.45) is 3.90. The maximum absolute atomic E-state index is 11.8. The molecule has 0 atom stereocenters. The molecule has 0 bridgehead atoms. The second kappa shape index (κ2) is 9.93. The van der Waals surface area contributed by atoms with E-state index in [0.29, 0.717) is 11.4 Å². The van der Waals surface area contributed by atoms with Crippen LogP contribution in [-0.2, 0) is 4.79 Å². The highest BCUT2D eigenvalue weighted by molar-refractivity contribution is 7.98. The smallest absolute Gasteiger partial charge is 0.262 e. The fourth-order valence-electron chi connectivity index (χ4n) is 3.82. The molecule has 0 unspecified atom stereocenters. The topological polar surface area (TPSA) is 68.0 Å². The number of ether oxygens (including phenoxy) is 1. The zero-order valence-electron chi connectivity index (χ0n) is 19.6. The number of rotatable bonds is 5. The molecule has 0 radical (unpaired) electrons. The summed E-state index contributed by atoms with van der Waals surface area (Å²) in [6, 6.07) is 20.2. The van der Waals surface area contributed by atoms with E-state index in [-0.39, 0.29) is 12.5 Å². The monoisotopic (exact) mass is 500 g/mol. The lowest BCUT2D eigenvalue weighted by Gasteiger charge is -2.18. The highest BCUT2D eigenvalue weighted by atomic mass is 32.2. The van der Waals surface area contributed by atoms with Crippen molar-refractivity contribution in [3.8, 4) is 17.0 Å². The van der Waals surface area contributed by atoms with Gasteiger partial charge in [0.15, 0.2) is 6.61 Å². The highest BCUT2D eigenvalue weighted by Gasteiger charge is 2.18. The van der Waals surface area contributed by atoms with Crippen molar-refractivity contribution in [1.82, 2.24) is 4.68 Å². The molecule has 0 aliphatic carbocycles. The number of fused-ring (bicyclic) bond motifs is 1. The number of amides is 1. The maximum Gasteiger partial charge on any atom is 0.262 e. The van der Waals surface area contributed by atoms with Crippen molar-refractivity contribution in [2.45, 2.75) is 18.7 Å². The van der Waals surface area contributed by atoms with Crippen molar-refractivity contribution in [2.24, 2.45) is 10.1 Å². The van der Waals surface area contributed by atoms with Crippen LogP contribution in [0.5, 0.6) is 5.75 Å². The number of aryl methyl sites for hydroxylation is 2. The molecule has 1 aromatic heterocycles. The fourth-order valence-corrected chi connectivity index (χ4v) is 5.07. The molecule has 1 N–H and O–H groups in total. The van der Waals surface area contributed by atoms with Crippen LogP contribution >= 0.6 is 23.1 Å². The van der Waals surface area contributed by atoms with Crippen molar-refractivity contribution in [3.05, 3.63) is 87.5 Å². The highest BCUT2D eigenvalue weighted by Crippen LogP contribution is 2.33. The van der Waals surface area contributed by atoms with Gasteiger partial charge in [0.1, 0.15) is 5.75 Å². The Kier molecular flexibility index (Phi) is 6.57. The summed E-state index contributed by atoms with van der Waals surface area (Å²) >= 11 is 3.23. The molecule has 3 aromatic carbocycles. The van der Waals surface area contributed by atoms with Gasteiger partial charge in [-0.2, -0.15) is 5.10 Å². The standard InChI is InChI=1S/C27H24N4O2S2/c1-17-5-4-6-18(2)26(17)30-27-31(28-14-19-7-10-21(34-3)11-8-19)23(16-35-27)20-9-12-24-22(13-20)29-25(32)15-33-24/h4-14,16H,15H2,1-3H3,(H,29,32). The number of anilines is 1. The number of nitrogens with zero attached hydrogens (tertiary/aromatic N) is 3. The van der Waals surface area contributed by atoms with Gasteiger partial charge in [0, 0.05) is 15.8 Å². The summed E-state index contributed by atoms with van der Waals surface area (Å²) in [5.41, 5.74) is 6.59. The molecule has 1 aliphatic heterocycles. The summed E-state index contributed by atoms with van der Waals surface area (Å²) in [7, 11) is 0. The minimum absolute atomic E-state index is 0.0310. The SMILES string of the molecule is CSc1ccc(C=Nn2c(-c3ccc4c(c3)NC(=O)CO4)csc2=Nc2c(C)cccc2C)cc1. The van der Waals surface area contributed by atoms with Crippen molar-refractivity contribution >= 4 is 46.6 Å². The number of thiazole rings is 1. The van der Waals surface area contributed by atoms with E-state index in [4.69, 9.17) is 14.8 Å². The van der Waals surface area contributed by atoms with Gasteiger partial charge in [0.05, 0.1) is 23.3 Å². The third kappa shape index (κ3) is 4.94. The minimum Gasteiger partial charge on any atom is -0.482 e. The molecule has 0 spiro atoms. The van der Waals surface area contributed by atoms with Gasteiger partial charge in [-0.25, -0.2) is 9.67 Å². The molecule has 6 nitrogen and oxygen atoms in total. The van der Waals surface area contributed by atoms with Gasteiger partial charge in [0.2, 0.25) is 4.80 Å². The molecule has 35 heavy (non-hydrogen) atoms. The summed E-state index contributed by atoms with van der Waals surface area (Å²) in [6.45, 7) is 4.16. The summed E-state index contributed by atoms with van der Waals surface area (Å²) in [5, 5.41) is 9.76. The zero-order chi connectivity index (χ0) is 24.4. The van der Waals surface area contributed by atoms with Crippen molar-refractivity contribution < 1.29 is 9.53 Å². The van der Waals surface area contributed by atoms with E-state index in [0.717, 1.165) is 38.4 Å². The Balaban J connectivity index is 1.63. The number of hydrogen-bond donors (Lipinski definition) is 1. The molecule has 2 heterocycles. The van der Waals surface area contributed by atoms with Crippen LogP contribution in [0, 0.1) is 13.8 Å². The Bertz CT molecular complexity index is 1480. The second-order valence-corrected chi connectivity index (χ2v) is 9.85. The Morgan fingerprint density at radius 3 is 2.60 bits per heavy atom. The zero-order valence-corrected chi connectivity index (χ0v) is 21.2. The molecule has 176 valence electrons.